The number of thiazole rings is 1. The number of anilines is 2. The minimum absolute atomic E-state index is 0.0573. The Bertz CT molecular complexity index is 991. The fraction of sp³-hybridized carbons (Fsp3) is 0.429. The van der Waals surface area contributed by atoms with Gasteiger partial charge in [0.1, 0.15) is 0 Å². The van der Waals surface area contributed by atoms with Gasteiger partial charge < -0.3 is 5.32 Å². The van der Waals surface area contributed by atoms with Crippen molar-refractivity contribution >= 4 is 50.6 Å². The van der Waals surface area contributed by atoms with Crippen LogP contribution in [-0.4, -0.2) is 32.9 Å². The molecular weight excluding hydrogens is 434 g/mol. The molecule has 0 spiro atoms. The van der Waals surface area contributed by atoms with E-state index >= 15 is 0 Å². The average molecular weight is 458 g/mol. The van der Waals surface area contributed by atoms with E-state index in [1.807, 2.05) is 23.1 Å². The summed E-state index contributed by atoms with van der Waals surface area (Å²) in [6, 6.07) is 10.7. The number of hydrogen-bond donors (Lipinski definition) is 1. The molecule has 6 nitrogen and oxygen atoms in total. The van der Waals surface area contributed by atoms with E-state index in [0.29, 0.717) is 18.3 Å². The van der Waals surface area contributed by atoms with E-state index in [1.165, 1.54) is 59.4 Å². The number of aryl methyl sites for hydroxylation is 2. The third kappa shape index (κ3) is 4.84. The van der Waals surface area contributed by atoms with Crippen LogP contribution >= 0.6 is 34.4 Å². The molecule has 0 radical (unpaired) electrons. The first kappa shape index (κ1) is 20.0. The summed E-state index contributed by atoms with van der Waals surface area (Å²) >= 11 is 4.66. The van der Waals surface area contributed by atoms with Gasteiger partial charge in [-0.15, -0.1) is 21.5 Å². The number of rotatable bonds is 8. The SMILES string of the molecule is O=C(CSc1nnc(NC2CC2)s1)N(Cc1ccccc1)c1nc2c(s1)CCCC2. The van der Waals surface area contributed by atoms with E-state index in [2.05, 4.69) is 27.6 Å². The Morgan fingerprint density at radius 1 is 1.13 bits per heavy atom. The van der Waals surface area contributed by atoms with Crippen molar-refractivity contribution in [2.75, 3.05) is 16.0 Å². The van der Waals surface area contributed by atoms with Gasteiger partial charge in [-0.3, -0.25) is 9.69 Å². The van der Waals surface area contributed by atoms with Crippen LogP contribution < -0.4 is 10.2 Å². The standard InChI is InChI=1S/C21H23N5OS3/c27-18(13-28-21-25-24-19(30-21)22-15-10-11-15)26(12-14-6-2-1-3-7-14)20-23-16-8-4-5-9-17(16)29-20/h1-3,6-7,15H,4-5,8-13H2,(H,22,24). The van der Waals surface area contributed by atoms with E-state index in [1.54, 1.807) is 11.3 Å². The van der Waals surface area contributed by atoms with Crippen molar-refractivity contribution in [1.29, 1.82) is 0 Å². The molecule has 3 aromatic rings. The van der Waals surface area contributed by atoms with E-state index in [9.17, 15) is 4.79 Å². The first-order valence-corrected chi connectivity index (χ1v) is 12.9. The molecule has 30 heavy (non-hydrogen) atoms. The summed E-state index contributed by atoms with van der Waals surface area (Å²) in [5, 5.41) is 13.4. The van der Waals surface area contributed by atoms with Crippen LogP contribution in [0.15, 0.2) is 34.7 Å². The second kappa shape index (κ2) is 9.03. The number of nitrogens with one attached hydrogen (secondary N) is 1. The number of carbonyl (C=O) groups is 1. The van der Waals surface area contributed by atoms with Crippen LogP contribution in [0.1, 0.15) is 41.8 Å². The quantitative estimate of drug-likeness (QED) is 0.491. The normalized spacial score (nSPS) is 15.6. The van der Waals surface area contributed by atoms with Gasteiger partial charge in [-0.05, 0) is 44.1 Å². The molecule has 1 aromatic carbocycles. The smallest absolute Gasteiger partial charge is 0.239 e. The van der Waals surface area contributed by atoms with E-state index in [-0.39, 0.29) is 5.91 Å². The minimum Gasteiger partial charge on any atom is -0.357 e. The van der Waals surface area contributed by atoms with Crippen molar-refractivity contribution in [3.05, 3.63) is 46.5 Å². The molecule has 2 aliphatic rings. The van der Waals surface area contributed by atoms with Crippen LogP contribution in [0.4, 0.5) is 10.3 Å². The minimum atomic E-state index is 0.0573. The van der Waals surface area contributed by atoms with Gasteiger partial charge in [0.05, 0.1) is 18.0 Å². The number of benzene rings is 1. The van der Waals surface area contributed by atoms with E-state index < -0.39 is 0 Å². The van der Waals surface area contributed by atoms with Crippen LogP contribution in [0.3, 0.4) is 0 Å². The molecule has 0 atom stereocenters. The largest absolute Gasteiger partial charge is 0.357 e. The second-order valence-corrected chi connectivity index (χ2v) is 10.9. The molecule has 2 aromatic heterocycles. The molecular formula is C21H23N5OS3. The second-order valence-electron chi connectivity index (χ2n) is 7.62. The molecule has 0 saturated heterocycles. The van der Waals surface area contributed by atoms with Crippen molar-refractivity contribution in [2.45, 2.75) is 55.5 Å². The van der Waals surface area contributed by atoms with Crippen molar-refractivity contribution in [2.24, 2.45) is 0 Å². The summed E-state index contributed by atoms with van der Waals surface area (Å²) in [6.07, 6.45) is 6.91. The van der Waals surface area contributed by atoms with Crippen molar-refractivity contribution in [3.63, 3.8) is 0 Å². The molecule has 1 N–H and O–H groups in total. The molecule has 2 aliphatic carbocycles. The molecule has 2 heterocycles. The molecule has 156 valence electrons. The average Bonchev–Trinajstić information content (AvgIpc) is 3.30. The summed E-state index contributed by atoms with van der Waals surface area (Å²) < 4.78 is 0.824. The van der Waals surface area contributed by atoms with Gasteiger partial charge >= 0.3 is 0 Å². The number of hydrogen-bond acceptors (Lipinski definition) is 8. The highest BCUT2D eigenvalue weighted by molar-refractivity contribution is 8.01. The zero-order chi connectivity index (χ0) is 20.3. The fourth-order valence-corrected chi connectivity index (χ4v) is 6.28. The summed E-state index contributed by atoms with van der Waals surface area (Å²) in [5.74, 6) is 0.386. The maximum absolute atomic E-state index is 13.2. The first-order chi connectivity index (χ1) is 14.7. The van der Waals surface area contributed by atoms with Gasteiger partial charge in [0.25, 0.3) is 0 Å². The van der Waals surface area contributed by atoms with Gasteiger partial charge in [0, 0.05) is 10.9 Å². The number of aromatic nitrogens is 3. The molecule has 1 saturated carbocycles. The van der Waals surface area contributed by atoms with Gasteiger partial charge in [-0.25, -0.2) is 4.98 Å². The monoisotopic (exact) mass is 457 g/mol. The first-order valence-electron chi connectivity index (χ1n) is 10.3. The summed E-state index contributed by atoms with van der Waals surface area (Å²) in [4.78, 5) is 21.3. The number of carbonyl (C=O) groups excluding carboxylic acids is 1. The van der Waals surface area contributed by atoms with E-state index in [0.717, 1.165) is 33.0 Å². The fourth-order valence-electron chi connectivity index (χ4n) is 3.41. The highest BCUT2D eigenvalue weighted by atomic mass is 32.2. The van der Waals surface area contributed by atoms with Crippen LogP contribution in [-0.2, 0) is 24.2 Å². The molecule has 0 bridgehead atoms. The number of amides is 1. The predicted octanol–water partition coefficient (Wildman–Crippen LogP) is 4.77. The van der Waals surface area contributed by atoms with Gasteiger partial charge in [0.2, 0.25) is 11.0 Å². The molecule has 0 aliphatic heterocycles. The van der Waals surface area contributed by atoms with Crippen molar-refractivity contribution < 1.29 is 4.79 Å². The Labute approximate surface area is 188 Å². The number of thioether (sulfide) groups is 1. The summed E-state index contributed by atoms with van der Waals surface area (Å²) in [7, 11) is 0. The lowest BCUT2D eigenvalue weighted by Crippen LogP contribution is -2.31. The Morgan fingerprint density at radius 2 is 1.97 bits per heavy atom. The summed E-state index contributed by atoms with van der Waals surface area (Å²) in [5.41, 5.74) is 2.29. The lowest BCUT2D eigenvalue weighted by molar-refractivity contribution is -0.116. The van der Waals surface area contributed by atoms with Gasteiger partial charge in [-0.2, -0.15) is 0 Å². The lowest BCUT2D eigenvalue weighted by Gasteiger charge is -2.19. The number of nitrogens with zero attached hydrogens (tertiary/aromatic N) is 4. The van der Waals surface area contributed by atoms with Crippen LogP contribution in [0.25, 0.3) is 0 Å². The van der Waals surface area contributed by atoms with Crippen LogP contribution in [0.5, 0.6) is 0 Å². The van der Waals surface area contributed by atoms with Gasteiger partial charge in [0.15, 0.2) is 9.47 Å². The maximum Gasteiger partial charge on any atom is 0.239 e. The van der Waals surface area contributed by atoms with Crippen LogP contribution in [0, 0.1) is 0 Å². The Morgan fingerprint density at radius 3 is 2.77 bits per heavy atom. The van der Waals surface area contributed by atoms with Crippen molar-refractivity contribution in [3.8, 4) is 0 Å². The maximum atomic E-state index is 13.2. The highest BCUT2D eigenvalue weighted by Gasteiger charge is 2.25. The van der Waals surface area contributed by atoms with Crippen molar-refractivity contribution in [1.82, 2.24) is 15.2 Å². The zero-order valence-corrected chi connectivity index (χ0v) is 19.0. The molecule has 1 fully saturated rings. The topological polar surface area (TPSA) is 71.0 Å². The van der Waals surface area contributed by atoms with Crippen LogP contribution in [0.2, 0.25) is 0 Å². The molecule has 0 unspecified atom stereocenters. The molecule has 5 rings (SSSR count). The van der Waals surface area contributed by atoms with Gasteiger partial charge in [-0.1, -0.05) is 53.4 Å². The predicted molar refractivity (Wildman–Crippen MR) is 124 cm³/mol. The zero-order valence-electron chi connectivity index (χ0n) is 16.5. The number of fused-ring (bicyclic) bond motifs is 1. The lowest BCUT2D eigenvalue weighted by atomic mass is 10.0. The highest BCUT2D eigenvalue weighted by Crippen LogP contribution is 2.34. The van der Waals surface area contributed by atoms with E-state index in [4.69, 9.17) is 4.98 Å². The Hall–Kier alpha value is -1.97. The third-order valence-electron chi connectivity index (χ3n) is 5.18. The third-order valence-corrected chi connectivity index (χ3v) is 8.33. The molecule has 9 heteroatoms. The Kier molecular flexibility index (Phi) is 6.01. The Balaban J connectivity index is 1.30. The molecule has 1 amide bonds. The summed E-state index contributed by atoms with van der Waals surface area (Å²) in [6.45, 7) is 0.539.